The van der Waals surface area contributed by atoms with Crippen LogP contribution in [0.2, 0.25) is 0 Å². The van der Waals surface area contributed by atoms with Gasteiger partial charge in [0.2, 0.25) is 0 Å². The molecule has 0 bridgehead atoms. The van der Waals surface area contributed by atoms with E-state index in [1.54, 1.807) is 6.08 Å². The van der Waals surface area contributed by atoms with Crippen molar-refractivity contribution in [1.29, 1.82) is 0 Å². The van der Waals surface area contributed by atoms with Crippen molar-refractivity contribution in [3.8, 4) is 0 Å². The lowest BCUT2D eigenvalue weighted by Crippen LogP contribution is -2.66. The molecule has 0 aromatic rings. The van der Waals surface area contributed by atoms with Crippen molar-refractivity contribution in [3.05, 3.63) is 11.6 Å². The first-order valence-corrected chi connectivity index (χ1v) is 9.47. The molecule has 3 heterocycles. The Morgan fingerprint density at radius 2 is 1.96 bits per heavy atom. The maximum atomic E-state index is 12.0. The first-order valence-electron chi connectivity index (χ1n) is 9.47. The number of ether oxygens (including phenoxy) is 4. The minimum atomic E-state index is -1.28. The second-order valence-corrected chi connectivity index (χ2v) is 8.79. The number of fused-ring (bicyclic) bond motifs is 1. The zero-order valence-corrected chi connectivity index (χ0v) is 15.9. The summed E-state index contributed by atoms with van der Waals surface area (Å²) in [5.74, 6) is -0.993. The van der Waals surface area contributed by atoms with Gasteiger partial charge < -0.3 is 34.3 Å². The molecule has 4 aliphatic rings. The summed E-state index contributed by atoms with van der Waals surface area (Å²) in [5.41, 5.74) is -0.188. The molecule has 0 saturated carbocycles. The first kappa shape index (κ1) is 19.4. The molecule has 152 valence electrons. The van der Waals surface area contributed by atoms with E-state index in [1.807, 2.05) is 20.8 Å². The number of allylic oxidation sites excluding steroid dienone is 1. The Kier molecular flexibility index (Phi) is 4.55. The average molecular weight is 384 g/mol. The third-order valence-electron chi connectivity index (χ3n) is 6.59. The normalized spacial score (nSPS) is 49.3. The summed E-state index contributed by atoms with van der Waals surface area (Å²) in [6.07, 6.45) is -2.07. The van der Waals surface area contributed by atoms with Crippen molar-refractivity contribution in [2.75, 3.05) is 13.2 Å². The van der Waals surface area contributed by atoms with Crippen molar-refractivity contribution in [2.45, 2.75) is 82.1 Å². The lowest BCUT2D eigenvalue weighted by molar-refractivity contribution is -0.416. The Morgan fingerprint density at radius 3 is 2.63 bits per heavy atom. The number of aliphatic hydroxyl groups is 3. The van der Waals surface area contributed by atoms with Crippen LogP contribution in [-0.2, 0) is 23.7 Å². The zero-order chi connectivity index (χ0) is 19.6. The van der Waals surface area contributed by atoms with E-state index in [0.29, 0.717) is 19.3 Å². The molecule has 8 nitrogen and oxygen atoms in total. The second-order valence-electron chi connectivity index (χ2n) is 8.79. The molecular formula is C19H28O8. The van der Waals surface area contributed by atoms with Crippen molar-refractivity contribution in [1.82, 2.24) is 0 Å². The number of hydrogen-bond donors (Lipinski definition) is 3. The molecule has 3 fully saturated rings. The molecule has 3 saturated heterocycles. The maximum Gasteiger partial charge on any atom is 0.193 e. The van der Waals surface area contributed by atoms with Crippen LogP contribution in [0.3, 0.4) is 0 Å². The van der Waals surface area contributed by atoms with Gasteiger partial charge in [0.25, 0.3) is 0 Å². The fourth-order valence-electron chi connectivity index (χ4n) is 5.05. The van der Waals surface area contributed by atoms with Crippen LogP contribution in [-0.4, -0.2) is 76.4 Å². The molecule has 0 aromatic carbocycles. The van der Waals surface area contributed by atoms with Gasteiger partial charge in [0.05, 0.1) is 12.2 Å². The summed E-state index contributed by atoms with van der Waals surface area (Å²) in [6, 6.07) is 0. The zero-order valence-electron chi connectivity index (χ0n) is 15.9. The highest BCUT2D eigenvalue weighted by molar-refractivity contribution is 5.92. The molecule has 27 heavy (non-hydrogen) atoms. The van der Waals surface area contributed by atoms with Crippen LogP contribution >= 0.6 is 0 Å². The number of carbonyl (C=O) groups excluding carboxylic acids is 1. The van der Waals surface area contributed by atoms with Crippen LogP contribution < -0.4 is 0 Å². The molecule has 2 spiro atoms. The summed E-state index contributed by atoms with van der Waals surface area (Å²) in [4.78, 5) is 12.0. The summed E-state index contributed by atoms with van der Waals surface area (Å²) < 4.78 is 24.0. The molecule has 8 heteroatoms. The number of rotatable bonds is 1. The Morgan fingerprint density at radius 1 is 1.22 bits per heavy atom. The van der Waals surface area contributed by atoms with Gasteiger partial charge in [-0.3, -0.25) is 4.79 Å². The number of carbonyl (C=O) groups is 1. The van der Waals surface area contributed by atoms with Crippen LogP contribution in [0.1, 0.15) is 40.0 Å². The third kappa shape index (κ3) is 2.81. The minimum absolute atomic E-state index is 0.0859. The van der Waals surface area contributed by atoms with Crippen molar-refractivity contribution < 1.29 is 39.1 Å². The standard InChI is InChI=1S/C19H28O8/c1-10-6-11(21)7-17(2,3)19(10)5-4-18(27-19)9-24-16-15(26-18)14(23)13(22)12(8-20)25-16/h6,12-16,20,22-23H,4-5,7-9H2,1-3H3/t12-,13-,14+,15-,16-,18+,19?/m0/s1. The summed E-state index contributed by atoms with van der Waals surface area (Å²) >= 11 is 0. The van der Waals surface area contributed by atoms with Gasteiger partial charge in [0.15, 0.2) is 17.9 Å². The Bertz CT molecular complexity index is 658. The molecular weight excluding hydrogens is 356 g/mol. The van der Waals surface area contributed by atoms with Gasteiger partial charge in [0.1, 0.15) is 31.0 Å². The third-order valence-corrected chi connectivity index (χ3v) is 6.59. The van der Waals surface area contributed by atoms with Crippen LogP contribution in [0.15, 0.2) is 11.6 Å². The molecule has 0 aromatic heterocycles. The average Bonchev–Trinajstić information content (AvgIpc) is 2.98. The molecule has 1 unspecified atom stereocenters. The van der Waals surface area contributed by atoms with Crippen LogP contribution in [0.25, 0.3) is 0 Å². The van der Waals surface area contributed by atoms with Gasteiger partial charge in [-0.2, -0.15) is 0 Å². The highest BCUT2D eigenvalue weighted by atomic mass is 16.8. The molecule has 3 aliphatic heterocycles. The maximum absolute atomic E-state index is 12.0. The summed E-state index contributed by atoms with van der Waals surface area (Å²) in [7, 11) is 0. The number of aliphatic hydroxyl groups excluding tert-OH is 3. The highest BCUT2D eigenvalue weighted by Crippen LogP contribution is 2.57. The molecule has 7 atom stereocenters. The van der Waals surface area contributed by atoms with E-state index in [4.69, 9.17) is 18.9 Å². The van der Waals surface area contributed by atoms with Crippen molar-refractivity contribution in [3.63, 3.8) is 0 Å². The van der Waals surface area contributed by atoms with E-state index >= 15 is 0 Å². The van der Waals surface area contributed by atoms with Gasteiger partial charge in [-0.05, 0) is 25.0 Å². The Hall–Kier alpha value is -0.870. The van der Waals surface area contributed by atoms with Gasteiger partial charge in [-0.25, -0.2) is 0 Å². The lowest BCUT2D eigenvalue weighted by atomic mass is 9.63. The van der Waals surface area contributed by atoms with E-state index < -0.39 is 54.1 Å². The topological polar surface area (TPSA) is 115 Å². The Labute approximate surface area is 158 Å². The van der Waals surface area contributed by atoms with Crippen molar-refractivity contribution in [2.24, 2.45) is 5.41 Å². The van der Waals surface area contributed by atoms with E-state index in [1.165, 1.54) is 0 Å². The van der Waals surface area contributed by atoms with Gasteiger partial charge >= 0.3 is 0 Å². The monoisotopic (exact) mass is 384 g/mol. The molecule has 1 aliphatic carbocycles. The van der Waals surface area contributed by atoms with E-state index in [2.05, 4.69) is 0 Å². The van der Waals surface area contributed by atoms with Gasteiger partial charge in [0, 0.05) is 18.3 Å². The van der Waals surface area contributed by atoms with Crippen LogP contribution in [0.5, 0.6) is 0 Å². The second kappa shape index (κ2) is 6.32. The molecule has 0 radical (unpaired) electrons. The molecule has 3 N–H and O–H groups in total. The van der Waals surface area contributed by atoms with Crippen molar-refractivity contribution >= 4 is 5.78 Å². The Balaban J connectivity index is 1.59. The smallest absolute Gasteiger partial charge is 0.193 e. The highest BCUT2D eigenvalue weighted by Gasteiger charge is 2.63. The van der Waals surface area contributed by atoms with E-state index in [9.17, 15) is 20.1 Å². The fraction of sp³-hybridized carbons (Fsp3) is 0.842. The van der Waals surface area contributed by atoms with E-state index in [0.717, 1.165) is 5.57 Å². The summed E-state index contributed by atoms with van der Waals surface area (Å²) in [6.45, 7) is 5.61. The summed E-state index contributed by atoms with van der Waals surface area (Å²) in [5, 5.41) is 29.9. The predicted molar refractivity (Wildman–Crippen MR) is 91.5 cm³/mol. The fourth-order valence-corrected chi connectivity index (χ4v) is 5.05. The van der Waals surface area contributed by atoms with Crippen LogP contribution in [0.4, 0.5) is 0 Å². The first-order chi connectivity index (χ1) is 12.6. The SMILES string of the molecule is CC1=CC(=O)CC(C)(C)C12CC[C@]1(CO[C@H]3O[C@@H](CO)[C@H](O)[C@@H](O)[C@@H]3O1)O2. The molecule has 0 amide bonds. The molecule has 4 rings (SSSR count). The van der Waals surface area contributed by atoms with E-state index in [-0.39, 0.29) is 12.4 Å². The quantitative estimate of drug-likeness (QED) is 0.580. The minimum Gasteiger partial charge on any atom is -0.394 e. The van der Waals surface area contributed by atoms with Crippen LogP contribution in [0, 0.1) is 5.41 Å². The lowest BCUT2D eigenvalue weighted by Gasteiger charge is -2.51. The van der Waals surface area contributed by atoms with Gasteiger partial charge in [-0.15, -0.1) is 0 Å². The number of ketones is 1. The van der Waals surface area contributed by atoms with Gasteiger partial charge in [-0.1, -0.05) is 13.8 Å². The predicted octanol–water partition coefficient (Wildman–Crippen LogP) is 0.0316. The number of hydrogen-bond acceptors (Lipinski definition) is 8. The largest absolute Gasteiger partial charge is 0.394 e.